The normalized spacial score (nSPS) is 18.6. The van der Waals surface area contributed by atoms with E-state index in [4.69, 9.17) is 5.73 Å². The first-order chi connectivity index (χ1) is 8.31. The Kier molecular flexibility index (Phi) is 1.60. The molecule has 0 atom stereocenters. The number of benzene rings is 2. The molecule has 2 aromatic rings. The average Bonchev–Trinajstić information content (AvgIpc) is 2.58. The topological polar surface area (TPSA) is 26.0 Å². The molecular formula is C16H15N. The summed E-state index contributed by atoms with van der Waals surface area (Å²) in [5.74, 6) is 0. The van der Waals surface area contributed by atoms with Crippen molar-refractivity contribution in [3.05, 3.63) is 53.6 Å². The van der Waals surface area contributed by atoms with E-state index in [9.17, 15) is 0 Å². The van der Waals surface area contributed by atoms with E-state index in [0.29, 0.717) is 5.41 Å². The second-order valence-electron chi connectivity index (χ2n) is 5.29. The summed E-state index contributed by atoms with van der Waals surface area (Å²) in [4.78, 5) is 0. The van der Waals surface area contributed by atoms with Crippen LogP contribution in [-0.2, 0) is 5.41 Å². The number of hydrogen-bond donors (Lipinski definition) is 1. The molecule has 1 heteroatoms. The second kappa shape index (κ2) is 2.92. The monoisotopic (exact) mass is 221 g/mol. The quantitative estimate of drug-likeness (QED) is 0.674. The van der Waals surface area contributed by atoms with Crippen molar-refractivity contribution in [3.8, 4) is 11.1 Å². The molecule has 2 N–H and O–H groups in total. The number of rotatable bonds is 0. The van der Waals surface area contributed by atoms with Gasteiger partial charge in [-0.2, -0.15) is 0 Å². The van der Waals surface area contributed by atoms with Gasteiger partial charge in [-0.05, 0) is 47.2 Å². The van der Waals surface area contributed by atoms with Gasteiger partial charge in [-0.1, -0.05) is 36.8 Å². The molecule has 2 aromatic carbocycles. The molecule has 0 aromatic heterocycles. The number of nitrogen functional groups attached to an aromatic ring is 1. The molecule has 84 valence electrons. The molecule has 1 nitrogen and oxygen atoms in total. The Morgan fingerprint density at radius 1 is 0.882 bits per heavy atom. The van der Waals surface area contributed by atoms with Crippen molar-refractivity contribution >= 4 is 5.69 Å². The van der Waals surface area contributed by atoms with Crippen molar-refractivity contribution in [1.82, 2.24) is 0 Å². The van der Waals surface area contributed by atoms with Crippen molar-refractivity contribution in [1.29, 1.82) is 0 Å². The first-order valence-electron chi connectivity index (χ1n) is 6.31. The van der Waals surface area contributed by atoms with Crippen molar-refractivity contribution in [2.24, 2.45) is 0 Å². The molecule has 4 rings (SSSR count). The van der Waals surface area contributed by atoms with Crippen LogP contribution in [-0.4, -0.2) is 0 Å². The Balaban J connectivity index is 2.09. The highest BCUT2D eigenvalue weighted by atomic mass is 14.6. The van der Waals surface area contributed by atoms with E-state index in [1.54, 1.807) is 0 Å². The summed E-state index contributed by atoms with van der Waals surface area (Å²) in [5, 5.41) is 0. The van der Waals surface area contributed by atoms with E-state index in [0.717, 1.165) is 5.69 Å². The van der Waals surface area contributed by atoms with E-state index in [-0.39, 0.29) is 0 Å². The summed E-state index contributed by atoms with van der Waals surface area (Å²) in [6, 6.07) is 15.2. The van der Waals surface area contributed by atoms with Crippen LogP contribution in [0.2, 0.25) is 0 Å². The van der Waals surface area contributed by atoms with Gasteiger partial charge in [0.1, 0.15) is 0 Å². The highest BCUT2D eigenvalue weighted by molar-refractivity contribution is 5.82. The maximum Gasteiger partial charge on any atom is 0.0317 e. The van der Waals surface area contributed by atoms with Gasteiger partial charge in [0.2, 0.25) is 0 Å². The van der Waals surface area contributed by atoms with Crippen LogP contribution in [0.5, 0.6) is 0 Å². The Morgan fingerprint density at radius 2 is 1.65 bits per heavy atom. The molecule has 0 radical (unpaired) electrons. The number of anilines is 1. The second-order valence-corrected chi connectivity index (χ2v) is 5.29. The van der Waals surface area contributed by atoms with Crippen LogP contribution in [0.25, 0.3) is 11.1 Å². The van der Waals surface area contributed by atoms with Crippen LogP contribution < -0.4 is 5.73 Å². The maximum atomic E-state index is 5.97. The first kappa shape index (κ1) is 9.29. The molecule has 0 amide bonds. The Hall–Kier alpha value is -1.76. The van der Waals surface area contributed by atoms with Gasteiger partial charge in [0, 0.05) is 11.1 Å². The molecule has 0 saturated heterocycles. The van der Waals surface area contributed by atoms with Gasteiger partial charge in [0.05, 0.1) is 0 Å². The van der Waals surface area contributed by atoms with Gasteiger partial charge in [-0.25, -0.2) is 0 Å². The van der Waals surface area contributed by atoms with Gasteiger partial charge < -0.3 is 5.73 Å². The predicted octanol–water partition coefficient (Wildman–Crippen LogP) is 3.72. The fraction of sp³-hybridized carbons (Fsp3) is 0.250. The van der Waals surface area contributed by atoms with Crippen molar-refractivity contribution < 1.29 is 0 Å². The Bertz CT molecular complexity index is 609. The fourth-order valence-electron chi connectivity index (χ4n) is 3.54. The van der Waals surface area contributed by atoms with E-state index in [1.165, 1.54) is 41.5 Å². The van der Waals surface area contributed by atoms with Gasteiger partial charge in [0.25, 0.3) is 0 Å². The third-order valence-electron chi connectivity index (χ3n) is 4.50. The lowest BCUT2D eigenvalue weighted by atomic mass is 9.63. The van der Waals surface area contributed by atoms with E-state index >= 15 is 0 Å². The molecule has 17 heavy (non-hydrogen) atoms. The Morgan fingerprint density at radius 3 is 2.41 bits per heavy atom. The molecule has 2 aliphatic carbocycles. The molecule has 0 aliphatic heterocycles. The highest BCUT2D eigenvalue weighted by Crippen LogP contribution is 2.58. The third-order valence-corrected chi connectivity index (χ3v) is 4.50. The van der Waals surface area contributed by atoms with Gasteiger partial charge in [0.15, 0.2) is 0 Å². The van der Waals surface area contributed by atoms with Gasteiger partial charge >= 0.3 is 0 Å². The van der Waals surface area contributed by atoms with Gasteiger partial charge in [-0.15, -0.1) is 0 Å². The predicted molar refractivity (Wildman–Crippen MR) is 70.9 cm³/mol. The van der Waals surface area contributed by atoms with Crippen molar-refractivity contribution in [2.45, 2.75) is 24.7 Å². The number of nitrogens with two attached hydrogens (primary N) is 1. The number of fused-ring (bicyclic) bond motifs is 5. The molecule has 1 saturated carbocycles. The Labute approximate surface area is 101 Å². The van der Waals surface area contributed by atoms with Crippen LogP contribution in [0.1, 0.15) is 30.4 Å². The SMILES string of the molecule is Nc1ccc2c(c1)C1(CCC1)c1ccccc1-2. The fourth-order valence-corrected chi connectivity index (χ4v) is 3.54. The summed E-state index contributed by atoms with van der Waals surface area (Å²) >= 11 is 0. The minimum absolute atomic E-state index is 0.293. The van der Waals surface area contributed by atoms with Crippen LogP contribution in [0.4, 0.5) is 5.69 Å². The molecular weight excluding hydrogens is 206 g/mol. The van der Waals surface area contributed by atoms with E-state index in [1.807, 2.05) is 6.07 Å². The minimum Gasteiger partial charge on any atom is -0.399 e. The van der Waals surface area contributed by atoms with E-state index in [2.05, 4.69) is 36.4 Å². The largest absolute Gasteiger partial charge is 0.399 e. The maximum absolute atomic E-state index is 5.97. The average molecular weight is 221 g/mol. The number of hydrogen-bond acceptors (Lipinski definition) is 1. The molecule has 2 aliphatic rings. The zero-order valence-electron chi connectivity index (χ0n) is 9.74. The zero-order chi connectivity index (χ0) is 11.5. The zero-order valence-corrected chi connectivity index (χ0v) is 9.74. The highest BCUT2D eigenvalue weighted by Gasteiger charge is 2.47. The smallest absolute Gasteiger partial charge is 0.0317 e. The summed E-state index contributed by atoms with van der Waals surface area (Å²) in [5.41, 5.74) is 12.9. The van der Waals surface area contributed by atoms with Crippen LogP contribution in [0.3, 0.4) is 0 Å². The lowest BCUT2D eigenvalue weighted by Gasteiger charge is -2.40. The lowest BCUT2D eigenvalue weighted by molar-refractivity contribution is 0.309. The lowest BCUT2D eigenvalue weighted by Crippen LogP contribution is -2.33. The molecule has 1 spiro atoms. The summed E-state index contributed by atoms with van der Waals surface area (Å²) in [6.45, 7) is 0. The van der Waals surface area contributed by atoms with E-state index < -0.39 is 0 Å². The molecule has 0 bridgehead atoms. The van der Waals surface area contributed by atoms with Crippen molar-refractivity contribution in [2.75, 3.05) is 5.73 Å². The van der Waals surface area contributed by atoms with Crippen molar-refractivity contribution in [3.63, 3.8) is 0 Å². The minimum atomic E-state index is 0.293. The molecule has 0 unspecified atom stereocenters. The first-order valence-corrected chi connectivity index (χ1v) is 6.31. The van der Waals surface area contributed by atoms with Crippen LogP contribution >= 0.6 is 0 Å². The van der Waals surface area contributed by atoms with Gasteiger partial charge in [-0.3, -0.25) is 0 Å². The molecule has 1 fully saturated rings. The van der Waals surface area contributed by atoms with Crippen LogP contribution in [0, 0.1) is 0 Å². The van der Waals surface area contributed by atoms with Crippen LogP contribution in [0.15, 0.2) is 42.5 Å². The molecule has 0 heterocycles. The summed E-state index contributed by atoms with van der Waals surface area (Å²) in [6.07, 6.45) is 3.89. The third kappa shape index (κ3) is 0.998. The standard InChI is InChI=1S/C16H15N/c17-11-6-7-13-12-4-1-2-5-14(12)16(8-3-9-16)15(13)10-11/h1-2,4-7,10H,3,8-9,17H2. The summed E-state index contributed by atoms with van der Waals surface area (Å²) < 4.78 is 0. The summed E-state index contributed by atoms with van der Waals surface area (Å²) in [7, 11) is 0.